The molecule has 5 rings (SSSR count). The highest BCUT2D eigenvalue weighted by molar-refractivity contribution is 6.08. The van der Waals surface area contributed by atoms with Gasteiger partial charge >= 0.3 is 0 Å². The molecule has 2 aliphatic heterocycles. The number of rotatable bonds is 8. The van der Waals surface area contributed by atoms with Gasteiger partial charge in [0.05, 0.1) is 10.3 Å². The van der Waals surface area contributed by atoms with Gasteiger partial charge in [0, 0.05) is 53.2 Å². The molecule has 0 bridgehead atoms. The molecule has 2 heterocycles. The molecule has 0 amide bonds. The van der Waals surface area contributed by atoms with Crippen LogP contribution in [0.4, 0.5) is 17.1 Å². The first-order chi connectivity index (χ1) is 19.0. The molecule has 0 aromatic heterocycles. The standard InChI is InChI=1S/C35H40N3O2/c1-8-21-35(6)32(36(7)30-18-16-25-12-9-10-13-27(25)33(30)35)15-11-14-31-34(4,5)28-23-26(38(39)40)17-19-29(28)37(31)22-20-24(2)3/h8-19,23-24H,1,20-22H2,2-7H3/q+1. The van der Waals surface area contributed by atoms with Gasteiger partial charge in [0.1, 0.15) is 7.05 Å². The van der Waals surface area contributed by atoms with Crippen LogP contribution in [0, 0.1) is 16.0 Å². The van der Waals surface area contributed by atoms with Crippen molar-refractivity contribution in [1.82, 2.24) is 0 Å². The fourth-order valence-corrected chi connectivity index (χ4v) is 6.67. The van der Waals surface area contributed by atoms with Gasteiger partial charge in [-0.2, -0.15) is 4.58 Å². The number of nitrogens with zero attached hydrogens (tertiary/aromatic N) is 3. The van der Waals surface area contributed by atoms with Crippen LogP contribution in [0.25, 0.3) is 10.8 Å². The molecule has 0 aliphatic carbocycles. The molecule has 0 saturated heterocycles. The molecule has 0 saturated carbocycles. The Morgan fingerprint density at radius 1 is 1.10 bits per heavy atom. The minimum atomic E-state index is -0.363. The van der Waals surface area contributed by atoms with E-state index in [1.807, 2.05) is 12.1 Å². The van der Waals surface area contributed by atoms with Crippen molar-refractivity contribution in [2.24, 2.45) is 5.92 Å². The summed E-state index contributed by atoms with van der Waals surface area (Å²) in [6, 6.07) is 18.4. The maximum Gasteiger partial charge on any atom is 0.269 e. The predicted octanol–water partition coefficient (Wildman–Crippen LogP) is 8.59. The number of hydrogen-bond acceptors (Lipinski definition) is 3. The Hall–Kier alpha value is -3.99. The summed E-state index contributed by atoms with van der Waals surface area (Å²) in [4.78, 5) is 13.6. The highest BCUT2D eigenvalue weighted by Gasteiger charge is 2.47. The molecule has 1 atom stereocenters. The summed E-state index contributed by atoms with van der Waals surface area (Å²) in [5.74, 6) is 0.553. The van der Waals surface area contributed by atoms with E-state index in [0.29, 0.717) is 5.92 Å². The van der Waals surface area contributed by atoms with E-state index in [4.69, 9.17) is 0 Å². The van der Waals surface area contributed by atoms with Crippen LogP contribution in [-0.4, -0.2) is 28.8 Å². The lowest BCUT2D eigenvalue weighted by Crippen LogP contribution is -2.30. The molecule has 206 valence electrons. The Morgan fingerprint density at radius 2 is 1.85 bits per heavy atom. The van der Waals surface area contributed by atoms with Crippen molar-refractivity contribution in [2.45, 2.75) is 58.3 Å². The number of nitro benzene ring substituents is 1. The molecule has 0 N–H and O–H groups in total. The summed E-state index contributed by atoms with van der Waals surface area (Å²) in [5, 5.41) is 14.1. The Morgan fingerprint density at radius 3 is 2.55 bits per heavy atom. The fourth-order valence-electron chi connectivity index (χ4n) is 6.67. The van der Waals surface area contributed by atoms with E-state index < -0.39 is 0 Å². The molecule has 1 unspecified atom stereocenters. The number of benzene rings is 3. The zero-order valence-corrected chi connectivity index (χ0v) is 24.6. The van der Waals surface area contributed by atoms with E-state index in [2.05, 4.69) is 112 Å². The lowest BCUT2D eigenvalue weighted by atomic mass is 9.74. The van der Waals surface area contributed by atoms with E-state index >= 15 is 0 Å². The van der Waals surface area contributed by atoms with Crippen LogP contribution in [-0.2, 0) is 10.8 Å². The minimum absolute atomic E-state index is 0.140. The third kappa shape index (κ3) is 4.38. The Bertz CT molecular complexity index is 1610. The summed E-state index contributed by atoms with van der Waals surface area (Å²) in [6.45, 7) is 16.1. The van der Waals surface area contributed by atoms with Gasteiger partial charge in [-0.3, -0.25) is 10.1 Å². The Labute approximate surface area is 238 Å². The quantitative estimate of drug-likeness (QED) is 0.126. The first-order valence-corrected chi connectivity index (χ1v) is 14.2. The Balaban J connectivity index is 1.59. The molecule has 5 heteroatoms. The molecule has 3 aromatic carbocycles. The maximum absolute atomic E-state index is 11.6. The lowest BCUT2D eigenvalue weighted by molar-refractivity contribution is -0.401. The number of hydrogen-bond donors (Lipinski definition) is 0. The average molecular weight is 535 g/mol. The summed E-state index contributed by atoms with van der Waals surface area (Å²) < 4.78 is 2.31. The van der Waals surface area contributed by atoms with Gasteiger partial charge in [-0.15, -0.1) is 6.58 Å². The predicted molar refractivity (Wildman–Crippen MR) is 167 cm³/mol. The van der Waals surface area contributed by atoms with Gasteiger partial charge < -0.3 is 4.90 Å². The first-order valence-electron chi connectivity index (χ1n) is 14.2. The molecule has 5 nitrogen and oxygen atoms in total. The van der Waals surface area contributed by atoms with Crippen molar-refractivity contribution in [2.75, 3.05) is 18.5 Å². The van der Waals surface area contributed by atoms with E-state index in [1.165, 1.54) is 27.7 Å². The van der Waals surface area contributed by atoms with E-state index in [-0.39, 0.29) is 21.4 Å². The third-order valence-electron chi connectivity index (χ3n) is 8.82. The normalized spacial score (nSPS) is 20.7. The SMILES string of the molecule is C=CCC1(C)C(/C=C/C=C2/N(CCC(C)C)c3ccc([N+](=O)[O-])cc3C2(C)C)=[N+](C)c2ccc3ccccc3c21. The van der Waals surface area contributed by atoms with Crippen molar-refractivity contribution in [1.29, 1.82) is 0 Å². The topological polar surface area (TPSA) is 49.4 Å². The summed E-state index contributed by atoms with van der Waals surface area (Å²) in [6.07, 6.45) is 10.5. The average Bonchev–Trinajstić information content (AvgIpc) is 3.26. The van der Waals surface area contributed by atoms with Crippen LogP contribution in [0.3, 0.4) is 0 Å². The van der Waals surface area contributed by atoms with Gasteiger partial charge in [-0.1, -0.05) is 64.1 Å². The smallest absolute Gasteiger partial charge is 0.269 e. The van der Waals surface area contributed by atoms with Crippen LogP contribution in [0.5, 0.6) is 0 Å². The fraction of sp³-hybridized carbons (Fsp3) is 0.343. The van der Waals surface area contributed by atoms with Crippen LogP contribution >= 0.6 is 0 Å². The highest BCUT2D eigenvalue weighted by atomic mass is 16.6. The van der Waals surface area contributed by atoms with Crippen molar-refractivity contribution in [3.05, 3.63) is 112 Å². The van der Waals surface area contributed by atoms with E-state index in [0.717, 1.165) is 36.3 Å². The molecule has 40 heavy (non-hydrogen) atoms. The van der Waals surface area contributed by atoms with Crippen LogP contribution in [0.2, 0.25) is 0 Å². The number of allylic oxidation sites excluding steroid dienone is 5. The van der Waals surface area contributed by atoms with Gasteiger partial charge in [0.25, 0.3) is 5.69 Å². The third-order valence-corrected chi connectivity index (χ3v) is 8.82. The number of fused-ring (bicyclic) bond motifs is 4. The van der Waals surface area contributed by atoms with E-state index in [1.54, 1.807) is 12.1 Å². The van der Waals surface area contributed by atoms with Gasteiger partial charge in [0.2, 0.25) is 5.69 Å². The molecule has 0 fully saturated rings. The van der Waals surface area contributed by atoms with Gasteiger partial charge in [-0.25, -0.2) is 0 Å². The molecular weight excluding hydrogens is 494 g/mol. The molecule has 3 aromatic rings. The number of non-ortho nitro benzene ring substituents is 1. The molecular formula is C35H40N3O2+. The zero-order valence-electron chi connectivity index (χ0n) is 24.6. The summed E-state index contributed by atoms with van der Waals surface area (Å²) in [7, 11) is 2.15. The van der Waals surface area contributed by atoms with Crippen LogP contribution in [0.1, 0.15) is 58.6 Å². The second kappa shape index (κ2) is 10.2. The second-order valence-electron chi connectivity index (χ2n) is 12.3. The minimum Gasteiger partial charge on any atom is -0.344 e. The van der Waals surface area contributed by atoms with Crippen LogP contribution in [0.15, 0.2) is 91.2 Å². The zero-order chi connectivity index (χ0) is 28.8. The van der Waals surface area contributed by atoms with Crippen molar-refractivity contribution in [3.8, 4) is 0 Å². The number of nitro groups is 1. The summed E-state index contributed by atoms with van der Waals surface area (Å²) >= 11 is 0. The second-order valence-corrected chi connectivity index (χ2v) is 12.3. The number of anilines is 1. The van der Waals surface area contributed by atoms with Gasteiger partial charge in [-0.05, 0) is 60.2 Å². The van der Waals surface area contributed by atoms with E-state index in [9.17, 15) is 10.1 Å². The monoisotopic (exact) mass is 534 g/mol. The summed E-state index contributed by atoms with van der Waals surface area (Å²) in [5.41, 5.74) is 6.60. The first kappa shape index (κ1) is 27.6. The molecule has 0 radical (unpaired) electrons. The van der Waals surface area contributed by atoms with Crippen molar-refractivity contribution < 1.29 is 9.50 Å². The lowest BCUT2D eigenvalue weighted by Gasteiger charge is -2.27. The Kier molecular flexibility index (Phi) is 7.03. The highest BCUT2D eigenvalue weighted by Crippen LogP contribution is 2.49. The van der Waals surface area contributed by atoms with Crippen molar-refractivity contribution >= 4 is 33.5 Å². The maximum atomic E-state index is 11.6. The largest absolute Gasteiger partial charge is 0.344 e. The molecule has 0 spiro atoms. The van der Waals surface area contributed by atoms with Gasteiger partial charge in [0.15, 0.2) is 5.71 Å². The molecule has 2 aliphatic rings. The van der Waals surface area contributed by atoms with Crippen LogP contribution < -0.4 is 4.90 Å². The van der Waals surface area contributed by atoms with Crippen molar-refractivity contribution in [3.63, 3.8) is 0 Å².